The number of hydrogen-bond acceptors (Lipinski definition) is 5. The monoisotopic (exact) mass is 357 g/mol. The van der Waals surface area contributed by atoms with Crippen molar-refractivity contribution in [2.75, 3.05) is 23.5 Å². The maximum Gasteiger partial charge on any atom is 0.303 e. The van der Waals surface area contributed by atoms with Gasteiger partial charge in [0, 0.05) is 5.02 Å². The Balaban J connectivity index is 3.38. The van der Waals surface area contributed by atoms with Crippen LogP contribution in [0.5, 0.6) is 0 Å². The van der Waals surface area contributed by atoms with Crippen LogP contribution in [0.4, 0.5) is 5.69 Å². The smallest absolute Gasteiger partial charge is 0.303 e. The molecule has 0 spiro atoms. The third kappa shape index (κ3) is 4.41. The highest BCUT2D eigenvalue weighted by Gasteiger charge is 2.35. The number of benzene rings is 1. The molecular weight excluding hydrogens is 341 g/mol. The highest BCUT2D eigenvalue weighted by atomic mass is 35.5. The number of rotatable bonds is 7. The largest absolute Gasteiger partial charge is 0.313 e. The van der Waals surface area contributed by atoms with Crippen molar-refractivity contribution in [3.63, 3.8) is 0 Å². The standard InChI is InChI=1S/C11H17ClNO4PS2/c1-4-16-18(19,17-5-2)13(20(3,14)15)11-8-6-10(12)7-9-11/h6-9H,4-5H2,1-3H3. The molecule has 0 atom stereocenters. The molecule has 0 heterocycles. The zero-order chi connectivity index (χ0) is 15.4. The van der Waals surface area contributed by atoms with Gasteiger partial charge in [-0.3, -0.25) is 0 Å². The van der Waals surface area contributed by atoms with Gasteiger partial charge in [-0.2, -0.15) is 4.08 Å². The first-order chi connectivity index (χ1) is 9.24. The van der Waals surface area contributed by atoms with Crippen molar-refractivity contribution in [3.05, 3.63) is 29.3 Å². The maximum absolute atomic E-state index is 12.1. The van der Waals surface area contributed by atoms with Gasteiger partial charge in [0.2, 0.25) is 10.0 Å². The quantitative estimate of drug-likeness (QED) is 0.700. The Morgan fingerprint density at radius 2 is 1.65 bits per heavy atom. The van der Waals surface area contributed by atoms with E-state index in [9.17, 15) is 8.42 Å². The Hall–Kier alpha value is -0.170. The normalized spacial score (nSPS) is 12.4. The lowest BCUT2D eigenvalue weighted by molar-refractivity contribution is 0.268. The first-order valence-electron chi connectivity index (χ1n) is 5.90. The second kappa shape index (κ2) is 7.20. The Labute approximate surface area is 130 Å². The van der Waals surface area contributed by atoms with Crippen molar-refractivity contribution in [1.82, 2.24) is 0 Å². The minimum absolute atomic E-state index is 0.261. The van der Waals surface area contributed by atoms with Gasteiger partial charge >= 0.3 is 6.64 Å². The fraction of sp³-hybridized carbons (Fsp3) is 0.455. The van der Waals surface area contributed by atoms with E-state index in [0.717, 1.165) is 10.3 Å². The summed E-state index contributed by atoms with van der Waals surface area (Å²) in [6.07, 6.45) is 1.07. The molecule has 1 aromatic rings. The van der Waals surface area contributed by atoms with Gasteiger partial charge in [-0.15, -0.1) is 0 Å². The molecule has 0 aromatic heterocycles. The first kappa shape index (κ1) is 17.9. The number of nitrogens with zero attached hydrogens (tertiary/aromatic N) is 1. The predicted molar refractivity (Wildman–Crippen MR) is 86.3 cm³/mol. The molecular formula is C11H17ClNO4PS2. The molecule has 0 saturated heterocycles. The van der Waals surface area contributed by atoms with E-state index < -0.39 is 16.7 Å². The minimum atomic E-state index is -3.65. The van der Waals surface area contributed by atoms with Gasteiger partial charge in [0.05, 0.1) is 25.2 Å². The van der Waals surface area contributed by atoms with Crippen LogP contribution in [0.1, 0.15) is 13.8 Å². The summed E-state index contributed by atoms with van der Waals surface area (Å²) in [4.78, 5) is 0. The number of hydrogen-bond donors (Lipinski definition) is 0. The van der Waals surface area contributed by atoms with Gasteiger partial charge in [0.25, 0.3) is 0 Å². The van der Waals surface area contributed by atoms with Gasteiger partial charge < -0.3 is 9.05 Å². The molecule has 0 fully saturated rings. The van der Waals surface area contributed by atoms with E-state index in [1.807, 2.05) is 0 Å². The molecule has 9 heteroatoms. The van der Waals surface area contributed by atoms with Crippen molar-refractivity contribution in [2.45, 2.75) is 13.8 Å². The molecule has 1 aromatic carbocycles. The summed E-state index contributed by atoms with van der Waals surface area (Å²) in [5.74, 6) is 0. The molecule has 5 nitrogen and oxygen atoms in total. The van der Waals surface area contributed by atoms with Crippen molar-refractivity contribution in [1.29, 1.82) is 0 Å². The molecule has 1 rings (SSSR count). The molecule has 114 valence electrons. The Bertz CT molecular complexity index is 581. The molecule has 0 radical (unpaired) electrons. The number of sulfonamides is 1. The van der Waals surface area contributed by atoms with Crippen LogP contribution in [0.3, 0.4) is 0 Å². The van der Waals surface area contributed by atoms with E-state index in [2.05, 4.69) is 0 Å². The SMILES string of the molecule is CCOP(=S)(OCC)N(c1ccc(Cl)cc1)S(C)(=O)=O. The van der Waals surface area contributed by atoms with E-state index in [1.165, 1.54) is 0 Å². The molecule has 20 heavy (non-hydrogen) atoms. The van der Waals surface area contributed by atoms with Gasteiger partial charge in [0.1, 0.15) is 0 Å². The van der Waals surface area contributed by atoms with Crippen molar-refractivity contribution < 1.29 is 17.5 Å². The lowest BCUT2D eigenvalue weighted by Gasteiger charge is -2.32. The Morgan fingerprint density at radius 3 is 2.00 bits per heavy atom. The number of halogens is 1. The lowest BCUT2D eigenvalue weighted by atomic mass is 10.3. The van der Waals surface area contributed by atoms with Crippen LogP contribution in [-0.2, 0) is 30.9 Å². The lowest BCUT2D eigenvalue weighted by Crippen LogP contribution is -2.28. The molecule has 0 unspecified atom stereocenters. The van der Waals surface area contributed by atoms with Crippen LogP contribution in [0.25, 0.3) is 0 Å². The highest BCUT2D eigenvalue weighted by molar-refractivity contribution is 8.17. The summed E-state index contributed by atoms with van der Waals surface area (Å²) in [7, 11) is -3.65. The van der Waals surface area contributed by atoms with Gasteiger partial charge in [-0.25, -0.2) is 8.42 Å². The molecule has 0 N–H and O–H groups in total. The average Bonchev–Trinajstić information content (AvgIpc) is 2.30. The molecule has 0 bridgehead atoms. The van der Waals surface area contributed by atoms with E-state index >= 15 is 0 Å². The predicted octanol–water partition coefficient (Wildman–Crippen LogP) is 3.40. The number of anilines is 1. The van der Waals surface area contributed by atoms with Crippen LogP contribution in [0.15, 0.2) is 24.3 Å². The summed E-state index contributed by atoms with van der Waals surface area (Å²) < 4.78 is 36.2. The summed E-state index contributed by atoms with van der Waals surface area (Å²) in [5, 5.41) is 0.503. The van der Waals surface area contributed by atoms with Gasteiger partial charge in [-0.1, -0.05) is 11.6 Å². The summed E-state index contributed by atoms with van der Waals surface area (Å²) in [6, 6.07) is 6.32. The van der Waals surface area contributed by atoms with Crippen molar-refractivity contribution >= 4 is 45.8 Å². The third-order valence-electron chi connectivity index (χ3n) is 2.17. The van der Waals surface area contributed by atoms with Crippen LogP contribution >= 0.6 is 18.2 Å². The fourth-order valence-corrected chi connectivity index (χ4v) is 7.28. The highest BCUT2D eigenvalue weighted by Crippen LogP contribution is 2.55. The van der Waals surface area contributed by atoms with Crippen molar-refractivity contribution in [3.8, 4) is 0 Å². The summed E-state index contributed by atoms with van der Waals surface area (Å²) in [5.41, 5.74) is 0.377. The van der Waals surface area contributed by atoms with Gasteiger partial charge in [0.15, 0.2) is 0 Å². The zero-order valence-corrected chi connectivity index (χ0v) is 14.7. The molecule has 0 saturated carbocycles. The topological polar surface area (TPSA) is 55.8 Å². The van der Waals surface area contributed by atoms with E-state index in [-0.39, 0.29) is 13.2 Å². The van der Waals surface area contributed by atoms with Crippen LogP contribution in [0, 0.1) is 0 Å². The van der Waals surface area contributed by atoms with Crippen LogP contribution in [0.2, 0.25) is 5.02 Å². The van der Waals surface area contributed by atoms with E-state index in [0.29, 0.717) is 10.7 Å². The molecule has 0 amide bonds. The van der Waals surface area contributed by atoms with Gasteiger partial charge in [-0.05, 0) is 49.9 Å². The zero-order valence-electron chi connectivity index (χ0n) is 11.4. The third-order valence-corrected chi connectivity index (χ3v) is 8.07. The van der Waals surface area contributed by atoms with Crippen molar-refractivity contribution in [2.24, 2.45) is 0 Å². The second-order valence-corrected chi connectivity index (χ2v) is 9.56. The average molecular weight is 358 g/mol. The van der Waals surface area contributed by atoms with E-state index in [1.54, 1.807) is 38.1 Å². The fourth-order valence-electron chi connectivity index (χ4n) is 1.55. The molecule has 0 aliphatic carbocycles. The van der Waals surface area contributed by atoms with E-state index in [4.69, 9.17) is 32.5 Å². The maximum atomic E-state index is 12.1. The second-order valence-electron chi connectivity index (χ2n) is 3.79. The molecule has 0 aliphatic heterocycles. The summed E-state index contributed by atoms with van der Waals surface area (Å²) >= 11 is 11.2. The Morgan fingerprint density at radius 1 is 1.20 bits per heavy atom. The minimum Gasteiger partial charge on any atom is -0.313 e. The van der Waals surface area contributed by atoms with Crippen LogP contribution in [-0.4, -0.2) is 27.9 Å². The Kier molecular flexibility index (Phi) is 6.44. The first-order valence-corrected chi connectivity index (χ1v) is 10.7. The van der Waals surface area contributed by atoms with Crippen LogP contribution < -0.4 is 4.08 Å². The molecule has 0 aliphatic rings. The summed E-state index contributed by atoms with van der Waals surface area (Å²) in [6.45, 7) is 0.846.